The molecule has 1 atom stereocenters. The predicted octanol–water partition coefficient (Wildman–Crippen LogP) is 4.19. The second kappa shape index (κ2) is 9.15. The Hall–Kier alpha value is -3.18. The summed E-state index contributed by atoms with van der Waals surface area (Å²) in [5.74, 6) is -1.11. The van der Waals surface area contributed by atoms with E-state index in [1.54, 1.807) is 6.07 Å². The van der Waals surface area contributed by atoms with Crippen molar-refractivity contribution in [2.24, 2.45) is 0 Å². The van der Waals surface area contributed by atoms with Crippen LogP contribution in [0.15, 0.2) is 79.0 Å². The molecule has 6 heteroatoms. The number of ether oxygens (including phenoxy) is 1. The third-order valence-corrected chi connectivity index (χ3v) is 4.49. The van der Waals surface area contributed by atoms with Crippen LogP contribution >= 0.6 is 11.6 Å². The highest BCUT2D eigenvalue weighted by Crippen LogP contribution is 2.22. The Morgan fingerprint density at radius 1 is 0.929 bits per heavy atom. The van der Waals surface area contributed by atoms with E-state index in [0.717, 1.165) is 11.1 Å². The molecule has 142 valence electrons. The Labute approximate surface area is 168 Å². The lowest BCUT2D eigenvalue weighted by molar-refractivity contribution is -0.129. The van der Waals surface area contributed by atoms with Gasteiger partial charge in [-0.3, -0.25) is 4.79 Å². The van der Waals surface area contributed by atoms with Gasteiger partial charge in [-0.05, 0) is 30.2 Å². The van der Waals surface area contributed by atoms with Gasteiger partial charge in [0.05, 0.1) is 11.6 Å². The molecule has 0 aliphatic rings. The summed E-state index contributed by atoms with van der Waals surface area (Å²) in [5.41, 5.74) is 1.97. The minimum Gasteiger partial charge on any atom is -0.449 e. The number of carbonyl (C=O) groups excluding carboxylic acids is 2. The largest absolute Gasteiger partial charge is 0.449 e. The fourth-order valence-electron chi connectivity index (χ4n) is 2.73. The van der Waals surface area contributed by atoms with Crippen LogP contribution in [-0.4, -0.2) is 23.0 Å². The van der Waals surface area contributed by atoms with Crippen LogP contribution in [0.2, 0.25) is 5.15 Å². The molecule has 0 unspecified atom stereocenters. The molecule has 1 amide bonds. The molecule has 5 nitrogen and oxygen atoms in total. The fourth-order valence-corrected chi connectivity index (χ4v) is 2.92. The molecule has 0 spiro atoms. The van der Waals surface area contributed by atoms with Crippen molar-refractivity contribution in [3.63, 3.8) is 0 Å². The topological polar surface area (TPSA) is 68.3 Å². The van der Waals surface area contributed by atoms with Crippen LogP contribution in [0.1, 0.15) is 34.5 Å². The third-order valence-electron chi connectivity index (χ3n) is 4.18. The standard InChI is InChI=1S/C22H19ClN2O3/c1-15(28-22(27)18-13-8-14-24-20(18)23)21(26)25-19(16-9-4-2-5-10-16)17-11-6-3-7-12-17/h2-15,19H,1H3,(H,25,26)/t15-/m0/s1. The number of hydrogen-bond donors (Lipinski definition) is 1. The van der Waals surface area contributed by atoms with Crippen molar-refractivity contribution in [1.82, 2.24) is 10.3 Å². The number of carbonyl (C=O) groups is 2. The zero-order valence-electron chi connectivity index (χ0n) is 15.2. The van der Waals surface area contributed by atoms with Crippen molar-refractivity contribution in [1.29, 1.82) is 0 Å². The number of pyridine rings is 1. The Balaban J connectivity index is 1.75. The Kier molecular flexibility index (Phi) is 6.40. The van der Waals surface area contributed by atoms with Crippen molar-refractivity contribution < 1.29 is 14.3 Å². The molecule has 28 heavy (non-hydrogen) atoms. The quantitative estimate of drug-likeness (QED) is 0.503. The van der Waals surface area contributed by atoms with Gasteiger partial charge in [-0.2, -0.15) is 0 Å². The third kappa shape index (κ3) is 4.75. The first-order chi connectivity index (χ1) is 13.6. The van der Waals surface area contributed by atoms with E-state index in [1.807, 2.05) is 60.7 Å². The van der Waals surface area contributed by atoms with Gasteiger partial charge in [0.2, 0.25) is 0 Å². The van der Waals surface area contributed by atoms with Gasteiger partial charge in [0.1, 0.15) is 5.15 Å². The molecule has 0 aliphatic heterocycles. The zero-order valence-corrected chi connectivity index (χ0v) is 16.0. The Morgan fingerprint density at radius 3 is 2.04 bits per heavy atom. The molecule has 2 aromatic carbocycles. The van der Waals surface area contributed by atoms with Crippen LogP contribution in [0.5, 0.6) is 0 Å². The number of hydrogen-bond acceptors (Lipinski definition) is 4. The van der Waals surface area contributed by atoms with Crippen LogP contribution in [0.4, 0.5) is 0 Å². The van der Waals surface area contributed by atoms with Crippen LogP contribution in [-0.2, 0) is 9.53 Å². The summed E-state index contributed by atoms with van der Waals surface area (Å²) in [4.78, 5) is 28.8. The van der Waals surface area contributed by atoms with Crippen LogP contribution < -0.4 is 5.32 Å². The maximum Gasteiger partial charge on any atom is 0.342 e. The monoisotopic (exact) mass is 394 g/mol. The van der Waals surface area contributed by atoms with Gasteiger partial charge in [0, 0.05) is 6.20 Å². The van der Waals surface area contributed by atoms with Gasteiger partial charge in [-0.25, -0.2) is 9.78 Å². The number of nitrogens with one attached hydrogen (secondary N) is 1. The van der Waals surface area contributed by atoms with Gasteiger partial charge in [0.25, 0.3) is 5.91 Å². The van der Waals surface area contributed by atoms with Gasteiger partial charge in [-0.1, -0.05) is 72.3 Å². The molecular formula is C22H19ClN2O3. The van der Waals surface area contributed by atoms with E-state index >= 15 is 0 Å². The normalized spacial score (nSPS) is 11.7. The molecule has 1 aromatic heterocycles. The first-order valence-electron chi connectivity index (χ1n) is 8.78. The molecular weight excluding hydrogens is 376 g/mol. The maximum atomic E-state index is 12.7. The average Bonchev–Trinajstić information content (AvgIpc) is 2.73. The van der Waals surface area contributed by atoms with Crippen LogP contribution in [0.3, 0.4) is 0 Å². The van der Waals surface area contributed by atoms with Crippen molar-refractivity contribution in [2.75, 3.05) is 0 Å². The van der Waals surface area contributed by atoms with E-state index in [4.69, 9.17) is 16.3 Å². The summed E-state index contributed by atoms with van der Waals surface area (Å²) >= 11 is 5.91. The molecule has 3 aromatic rings. The summed E-state index contributed by atoms with van der Waals surface area (Å²) in [6, 6.07) is 21.9. The smallest absolute Gasteiger partial charge is 0.342 e. The van der Waals surface area contributed by atoms with E-state index < -0.39 is 18.0 Å². The predicted molar refractivity (Wildman–Crippen MR) is 107 cm³/mol. The second-order valence-electron chi connectivity index (χ2n) is 6.15. The zero-order chi connectivity index (χ0) is 19.9. The molecule has 0 saturated heterocycles. The van der Waals surface area contributed by atoms with Crippen LogP contribution in [0, 0.1) is 0 Å². The molecule has 0 radical (unpaired) electrons. The molecule has 0 bridgehead atoms. The fraction of sp³-hybridized carbons (Fsp3) is 0.136. The van der Waals surface area contributed by atoms with Gasteiger partial charge < -0.3 is 10.1 Å². The summed E-state index contributed by atoms with van der Waals surface area (Å²) in [6.45, 7) is 1.52. The summed E-state index contributed by atoms with van der Waals surface area (Å²) in [5, 5.41) is 2.99. The van der Waals surface area contributed by atoms with E-state index in [0.29, 0.717) is 0 Å². The number of aromatic nitrogens is 1. The minimum absolute atomic E-state index is 0.0338. The number of rotatable bonds is 6. The maximum absolute atomic E-state index is 12.7. The lowest BCUT2D eigenvalue weighted by Crippen LogP contribution is -2.38. The van der Waals surface area contributed by atoms with E-state index in [-0.39, 0.29) is 16.8 Å². The lowest BCUT2D eigenvalue weighted by Gasteiger charge is -2.22. The highest BCUT2D eigenvalue weighted by molar-refractivity contribution is 6.32. The highest BCUT2D eigenvalue weighted by Gasteiger charge is 2.24. The molecule has 1 N–H and O–H groups in total. The summed E-state index contributed by atoms with van der Waals surface area (Å²) < 4.78 is 5.28. The number of amides is 1. The average molecular weight is 395 g/mol. The molecule has 0 saturated carbocycles. The van der Waals surface area contributed by atoms with Gasteiger partial charge in [0.15, 0.2) is 6.10 Å². The van der Waals surface area contributed by atoms with E-state index in [1.165, 1.54) is 19.2 Å². The van der Waals surface area contributed by atoms with E-state index in [9.17, 15) is 9.59 Å². The molecule has 0 aliphatic carbocycles. The first-order valence-corrected chi connectivity index (χ1v) is 9.16. The van der Waals surface area contributed by atoms with Crippen molar-refractivity contribution >= 4 is 23.5 Å². The van der Waals surface area contributed by atoms with Crippen LogP contribution in [0.25, 0.3) is 0 Å². The summed E-state index contributed by atoms with van der Waals surface area (Å²) in [7, 11) is 0. The second-order valence-corrected chi connectivity index (χ2v) is 6.51. The Bertz CT molecular complexity index is 909. The van der Waals surface area contributed by atoms with Gasteiger partial charge >= 0.3 is 5.97 Å². The molecule has 1 heterocycles. The van der Waals surface area contributed by atoms with E-state index in [2.05, 4.69) is 10.3 Å². The molecule has 3 rings (SSSR count). The van der Waals surface area contributed by atoms with Crippen molar-refractivity contribution in [3.8, 4) is 0 Å². The number of nitrogens with zero attached hydrogens (tertiary/aromatic N) is 1. The van der Waals surface area contributed by atoms with Gasteiger partial charge in [-0.15, -0.1) is 0 Å². The number of benzene rings is 2. The number of esters is 1. The minimum atomic E-state index is -1.00. The summed E-state index contributed by atoms with van der Waals surface area (Å²) in [6.07, 6.45) is 0.471. The van der Waals surface area contributed by atoms with Crippen molar-refractivity contribution in [3.05, 3.63) is 101 Å². The Morgan fingerprint density at radius 2 is 1.50 bits per heavy atom. The SMILES string of the molecule is C[C@H](OC(=O)c1cccnc1Cl)C(=O)NC(c1ccccc1)c1ccccc1. The number of halogens is 1. The molecule has 0 fully saturated rings. The lowest BCUT2D eigenvalue weighted by atomic mass is 9.98. The van der Waals surface area contributed by atoms with Crippen molar-refractivity contribution in [2.45, 2.75) is 19.1 Å². The highest BCUT2D eigenvalue weighted by atomic mass is 35.5. The first kappa shape index (κ1) is 19.6.